The van der Waals surface area contributed by atoms with Crippen LogP contribution in [0.25, 0.3) is 11.3 Å². The Morgan fingerprint density at radius 3 is 2.56 bits per heavy atom. The highest BCUT2D eigenvalue weighted by molar-refractivity contribution is 6.32. The number of nitrogens with zero attached hydrogens (tertiary/aromatic N) is 6. The minimum atomic E-state index is -0.204. The van der Waals surface area contributed by atoms with Crippen molar-refractivity contribution in [3.8, 4) is 11.3 Å². The smallest absolute Gasteiger partial charge is 0.228 e. The zero-order valence-corrected chi connectivity index (χ0v) is 20.6. The van der Waals surface area contributed by atoms with Crippen LogP contribution in [0.4, 0.5) is 22.0 Å². The van der Waals surface area contributed by atoms with Crippen molar-refractivity contribution in [1.29, 1.82) is 0 Å². The molecule has 0 radical (unpaired) electrons. The van der Waals surface area contributed by atoms with Crippen molar-refractivity contribution in [3.63, 3.8) is 0 Å². The fourth-order valence-corrected chi connectivity index (χ4v) is 5.22. The number of halogens is 2. The number of benzene rings is 1. The summed E-state index contributed by atoms with van der Waals surface area (Å²) in [6, 6.07) is 11.6. The van der Waals surface area contributed by atoms with Gasteiger partial charge in [-0.1, -0.05) is 11.6 Å². The second kappa shape index (κ2) is 9.37. The lowest BCUT2D eigenvalue weighted by Crippen LogP contribution is -2.52. The molecule has 0 N–H and O–H groups in total. The highest BCUT2D eigenvalue weighted by Crippen LogP contribution is 2.32. The molecule has 2 aliphatic rings. The van der Waals surface area contributed by atoms with Gasteiger partial charge >= 0.3 is 0 Å². The van der Waals surface area contributed by atoms with E-state index in [9.17, 15) is 4.39 Å². The Balaban J connectivity index is 1.49. The van der Waals surface area contributed by atoms with Gasteiger partial charge in [0.25, 0.3) is 0 Å². The maximum atomic E-state index is 13.9. The third-order valence-corrected chi connectivity index (χ3v) is 7.22. The predicted molar refractivity (Wildman–Crippen MR) is 136 cm³/mol. The minimum absolute atomic E-state index is 0.202. The van der Waals surface area contributed by atoms with Gasteiger partial charge in [0.1, 0.15) is 17.5 Å². The Bertz CT molecular complexity index is 1190. The van der Waals surface area contributed by atoms with Crippen molar-refractivity contribution < 1.29 is 4.39 Å². The predicted octanol–water partition coefficient (Wildman–Crippen LogP) is 5.34. The summed E-state index contributed by atoms with van der Waals surface area (Å²) in [5.74, 6) is 2.28. The molecule has 2 saturated heterocycles. The molecule has 0 bridgehead atoms. The van der Waals surface area contributed by atoms with Crippen LogP contribution in [0.3, 0.4) is 0 Å². The van der Waals surface area contributed by atoms with Crippen LogP contribution < -0.4 is 14.7 Å². The highest BCUT2D eigenvalue weighted by Gasteiger charge is 2.29. The maximum Gasteiger partial charge on any atom is 0.228 e. The van der Waals surface area contributed by atoms with Gasteiger partial charge in [0.15, 0.2) is 0 Å². The first-order valence-corrected chi connectivity index (χ1v) is 12.3. The first kappa shape index (κ1) is 22.8. The van der Waals surface area contributed by atoms with Crippen molar-refractivity contribution in [1.82, 2.24) is 15.0 Å². The highest BCUT2D eigenvalue weighted by atomic mass is 35.5. The van der Waals surface area contributed by atoms with E-state index in [1.54, 1.807) is 19.2 Å². The molecule has 0 spiro atoms. The van der Waals surface area contributed by atoms with E-state index in [0.29, 0.717) is 16.6 Å². The topological polar surface area (TPSA) is 48.4 Å². The lowest BCUT2D eigenvalue weighted by atomic mass is 10.1. The van der Waals surface area contributed by atoms with Crippen molar-refractivity contribution >= 4 is 29.2 Å². The normalized spacial score (nSPS) is 20.8. The van der Waals surface area contributed by atoms with Crippen LogP contribution in [0.2, 0.25) is 5.02 Å². The van der Waals surface area contributed by atoms with Crippen LogP contribution in [0.1, 0.15) is 32.3 Å². The van der Waals surface area contributed by atoms with Crippen LogP contribution in [-0.4, -0.2) is 53.2 Å². The molecule has 2 aromatic heterocycles. The Hall–Kier alpha value is -2.93. The number of pyridine rings is 1. The SMILES string of the molecule is Cc1cc(-c2cc(N3CCN(c4ncccc4Cl)C[C@H]3C)nc(N3CCC[C@H]3C)n2)ccc1F. The molecule has 2 aliphatic heterocycles. The summed E-state index contributed by atoms with van der Waals surface area (Å²) in [5, 5.41) is 0.671. The van der Waals surface area contributed by atoms with E-state index in [0.717, 1.165) is 67.9 Å². The summed E-state index contributed by atoms with van der Waals surface area (Å²) in [5.41, 5.74) is 2.34. The number of anilines is 3. The molecular weight excluding hydrogens is 451 g/mol. The van der Waals surface area contributed by atoms with Crippen LogP contribution in [0.5, 0.6) is 0 Å². The molecule has 3 aromatic rings. The number of hydrogen-bond donors (Lipinski definition) is 0. The average molecular weight is 481 g/mol. The van der Waals surface area contributed by atoms with Gasteiger partial charge in [0.05, 0.1) is 10.7 Å². The van der Waals surface area contributed by atoms with Gasteiger partial charge in [-0.3, -0.25) is 0 Å². The second-order valence-corrected chi connectivity index (χ2v) is 9.76. The minimum Gasteiger partial charge on any atom is -0.352 e. The standard InChI is InChI=1S/C26H30ClFN6/c1-17-14-20(8-9-22(17)28)23-15-24(31-26(30-23)34-11-5-6-18(34)2)33-13-12-32(16-19(33)3)25-21(27)7-4-10-29-25/h4,7-10,14-15,18-19H,5-6,11-13,16H2,1-3H3/t18-,19-/m1/s1. The number of hydrogen-bond acceptors (Lipinski definition) is 6. The van der Waals surface area contributed by atoms with E-state index in [4.69, 9.17) is 21.6 Å². The Morgan fingerprint density at radius 2 is 1.85 bits per heavy atom. The quantitative estimate of drug-likeness (QED) is 0.502. The van der Waals surface area contributed by atoms with Crippen molar-refractivity contribution in [3.05, 3.63) is 59.0 Å². The Kier molecular flexibility index (Phi) is 6.30. The van der Waals surface area contributed by atoms with Crippen LogP contribution in [0.15, 0.2) is 42.6 Å². The molecule has 4 heterocycles. The molecule has 2 atom stereocenters. The number of aryl methyl sites for hydroxylation is 1. The monoisotopic (exact) mass is 480 g/mol. The van der Waals surface area contributed by atoms with Gasteiger partial charge < -0.3 is 14.7 Å². The summed E-state index contributed by atoms with van der Waals surface area (Å²) < 4.78 is 13.9. The first-order valence-electron chi connectivity index (χ1n) is 11.9. The molecule has 2 fully saturated rings. The molecule has 0 unspecified atom stereocenters. The zero-order chi connectivity index (χ0) is 23.8. The summed E-state index contributed by atoms with van der Waals surface area (Å²) in [6.45, 7) is 9.55. The second-order valence-electron chi connectivity index (χ2n) is 9.36. The van der Waals surface area contributed by atoms with Gasteiger partial charge in [-0.15, -0.1) is 0 Å². The van der Waals surface area contributed by atoms with Gasteiger partial charge in [-0.05, 0) is 69.5 Å². The summed E-state index contributed by atoms with van der Waals surface area (Å²) >= 11 is 6.41. The van der Waals surface area contributed by atoms with Crippen LogP contribution in [-0.2, 0) is 0 Å². The molecule has 5 rings (SSSR count). The van der Waals surface area contributed by atoms with Crippen molar-refractivity contribution in [2.75, 3.05) is 40.9 Å². The van der Waals surface area contributed by atoms with Crippen molar-refractivity contribution in [2.24, 2.45) is 0 Å². The number of aromatic nitrogens is 3. The summed E-state index contributed by atoms with van der Waals surface area (Å²) in [4.78, 5) is 21.3. The van der Waals surface area contributed by atoms with Gasteiger partial charge in [-0.2, -0.15) is 4.98 Å². The van der Waals surface area contributed by atoms with Crippen molar-refractivity contribution in [2.45, 2.75) is 45.7 Å². The first-order chi connectivity index (χ1) is 16.4. The molecule has 8 heteroatoms. The fourth-order valence-electron chi connectivity index (χ4n) is 4.98. The van der Waals surface area contributed by atoms with E-state index in [-0.39, 0.29) is 11.9 Å². The lowest BCUT2D eigenvalue weighted by Gasteiger charge is -2.41. The van der Waals surface area contributed by atoms with Gasteiger partial charge in [-0.25, -0.2) is 14.4 Å². The molecule has 34 heavy (non-hydrogen) atoms. The van der Waals surface area contributed by atoms with E-state index < -0.39 is 0 Å². The zero-order valence-electron chi connectivity index (χ0n) is 19.9. The van der Waals surface area contributed by atoms with E-state index in [2.05, 4.69) is 33.5 Å². The van der Waals surface area contributed by atoms with E-state index in [1.165, 1.54) is 6.07 Å². The Labute approximate surface area is 205 Å². The molecule has 1 aromatic carbocycles. The molecular formula is C26H30ClFN6. The van der Waals surface area contributed by atoms with E-state index >= 15 is 0 Å². The number of piperazine rings is 1. The Morgan fingerprint density at radius 1 is 1.00 bits per heavy atom. The number of rotatable bonds is 4. The molecule has 0 aliphatic carbocycles. The van der Waals surface area contributed by atoms with E-state index in [1.807, 2.05) is 24.3 Å². The molecule has 178 valence electrons. The molecule has 0 saturated carbocycles. The molecule has 0 amide bonds. The van der Waals surface area contributed by atoms with Gasteiger partial charge in [0, 0.05) is 56.1 Å². The fraction of sp³-hybridized carbons (Fsp3) is 0.423. The third kappa shape index (κ3) is 4.41. The lowest BCUT2D eigenvalue weighted by molar-refractivity contribution is 0.542. The third-order valence-electron chi connectivity index (χ3n) is 6.92. The largest absolute Gasteiger partial charge is 0.352 e. The maximum absolute atomic E-state index is 13.9. The van der Waals surface area contributed by atoms with Crippen LogP contribution in [0, 0.1) is 12.7 Å². The summed E-state index contributed by atoms with van der Waals surface area (Å²) in [6.07, 6.45) is 4.06. The summed E-state index contributed by atoms with van der Waals surface area (Å²) in [7, 11) is 0. The molecule has 6 nitrogen and oxygen atoms in total. The van der Waals surface area contributed by atoms with Gasteiger partial charge in [0.2, 0.25) is 5.95 Å². The van der Waals surface area contributed by atoms with Crippen LogP contribution >= 0.6 is 11.6 Å². The average Bonchev–Trinajstić information content (AvgIpc) is 3.26.